The summed E-state index contributed by atoms with van der Waals surface area (Å²) >= 11 is 0. The first kappa shape index (κ1) is 28.7. The van der Waals surface area contributed by atoms with E-state index < -0.39 is 0 Å². The number of nitriles is 1. The van der Waals surface area contributed by atoms with Crippen molar-refractivity contribution in [3.8, 4) is 11.8 Å². The number of fused-ring (bicyclic) bond motifs is 2. The molecule has 0 spiro atoms. The van der Waals surface area contributed by atoms with Crippen molar-refractivity contribution in [1.29, 1.82) is 5.26 Å². The molecule has 2 aliphatic rings. The standard InChI is InChI=1S/C29H36N10O3/c1-6-23(40)39-14-13-38(16-19(39)9-11-30)28-26-27(33-29(34-28)31-12-10-24(41)36(3)4)37(5)22(17-42-26)25-18(2)7-8-21-20(25)15-32-35-21/h6-8,15,19,22H,1,9-10,12-14,16-17H2,2-5H3,(H,32,35)(H,31,33,34)/t19-,22?/m0/s1. The van der Waals surface area contributed by atoms with Crippen LogP contribution in [0.1, 0.15) is 30.0 Å². The van der Waals surface area contributed by atoms with Crippen molar-refractivity contribution in [2.75, 3.05) is 69.0 Å². The van der Waals surface area contributed by atoms with Gasteiger partial charge in [0.2, 0.25) is 23.5 Å². The molecular formula is C29H36N10O3. The first-order valence-corrected chi connectivity index (χ1v) is 13.9. The average molecular weight is 573 g/mol. The molecule has 2 aromatic heterocycles. The summed E-state index contributed by atoms with van der Waals surface area (Å²) in [6.45, 7) is 7.72. The van der Waals surface area contributed by atoms with E-state index in [1.165, 1.54) is 6.08 Å². The molecule has 0 bridgehead atoms. The summed E-state index contributed by atoms with van der Waals surface area (Å²) in [5, 5.41) is 21.0. The number of anilines is 3. The number of aryl methyl sites for hydroxylation is 1. The molecule has 5 rings (SSSR count). The first-order chi connectivity index (χ1) is 20.2. The van der Waals surface area contributed by atoms with Crippen LogP contribution in [0.5, 0.6) is 5.75 Å². The maximum Gasteiger partial charge on any atom is 0.246 e. The second kappa shape index (κ2) is 11.9. The highest BCUT2D eigenvalue weighted by molar-refractivity contribution is 5.88. The van der Waals surface area contributed by atoms with Gasteiger partial charge in [0, 0.05) is 59.1 Å². The summed E-state index contributed by atoms with van der Waals surface area (Å²) in [5.74, 6) is 1.89. The van der Waals surface area contributed by atoms with E-state index in [2.05, 4.69) is 46.1 Å². The minimum Gasteiger partial charge on any atom is -0.484 e. The van der Waals surface area contributed by atoms with Gasteiger partial charge in [-0.3, -0.25) is 14.7 Å². The summed E-state index contributed by atoms with van der Waals surface area (Å²) in [6, 6.07) is 5.82. The predicted octanol–water partition coefficient (Wildman–Crippen LogP) is 2.24. The Hall–Kier alpha value is -4.86. The van der Waals surface area contributed by atoms with Gasteiger partial charge in [0.1, 0.15) is 6.61 Å². The number of likely N-dealkylation sites (N-methyl/N-ethyl adjacent to an activating group) is 1. The quantitative estimate of drug-likeness (QED) is 0.385. The van der Waals surface area contributed by atoms with Gasteiger partial charge in [-0.1, -0.05) is 12.6 Å². The second-order valence-corrected chi connectivity index (χ2v) is 10.8. The first-order valence-electron chi connectivity index (χ1n) is 13.9. The highest BCUT2D eigenvalue weighted by Crippen LogP contribution is 2.45. The Bertz CT molecular complexity index is 1540. The van der Waals surface area contributed by atoms with Crippen molar-refractivity contribution in [3.05, 3.63) is 42.1 Å². The molecule has 2 amide bonds. The van der Waals surface area contributed by atoms with E-state index in [0.717, 1.165) is 22.0 Å². The Labute approximate surface area is 244 Å². The lowest BCUT2D eigenvalue weighted by Gasteiger charge is -2.42. The van der Waals surface area contributed by atoms with E-state index in [9.17, 15) is 14.9 Å². The minimum absolute atomic E-state index is 0.00719. The molecular weight excluding hydrogens is 536 g/mol. The Morgan fingerprint density at radius 1 is 1.29 bits per heavy atom. The fourth-order valence-corrected chi connectivity index (χ4v) is 5.62. The summed E-state index contributed by atoms with van der Waals surface area (Å²) in [6.07, 6.45) is 3.58. The number of ether oxygens (including phenoxy) is 1. The van der Waals surface area contributed by atoms with Gasteiger partial charge in [0.15, 0.2) is 11.6 Å². The van der Waals surface area contributed by atoms with Crippen LogP contribution in [0.25, 0.3) is 10.9 Å². The molecule has 42 heavy (non-hydrogen) atoms. The SMILES string of the molecule is C=CC(=O)N1CCN(c2nc(NCCC(=O)N(C)C)nc3c2OCC(c2c(C)ccc4[nH]ncc24)N3C)C[C@@H]1CC#N. The monoisotopic (exact) mass is 572 g/mol. The molecule has 220 valence electrons. The number of piperazine rings is 1. The number of carbonyl (C=O) groups is 2. The third-order valence-electron chi connectivity index (χ3n) is 7.92. The van der Waals surface area contributed by atoms with E-state index in [1.54, 1.807) is 23.9 Å². The molecule has 4 heterocycles. The number of carbonyl (C=O) groups excluding carboxylic acids is 2. The van der Waals surface area contributed by atoms with Gasteiger partial charge in [-0.2, -0.15) is 20.3 Å². The predicted molar refractivity (Wildman–Crippen MR) is 159 cm³/mol. The number of H-pyrrole nitrogens is 1. The Morgan fingerprint density at radius 2 is 2.07 bits per heavy atom. The Morgan fingerprint density at radius 3 is 2.81 bits per heavy atom. The van der Waals surface area contributed by atoms with Crippen molar-refractivity contribution in [2.24, 2.45) is 0 Å². The van der Waals surface area contributed by atoms with Gasteiger partial charge in [-0.25, -0.2) is 0 Å². The van der Waals surface area contributed by atoms with Gasteiger partial charge in [-0.15, -0.1) is 0 Å². The number of hydrogen-bond donors (Lipinski definition) is 2. The molecule has 1 aromatic carbocycles. The normalized spacial score (nSPS) is 18.2. The largest absolute Gasteiger partial charge is 0.484 e. The maximum atomic E-state index is 12.5. The zero-order valence-electron chi connectivity index (χ0n) is 24.4. The molecule has 2 N–H and O–H groups in total. The van der Waals surface area contributed by atoms with Gasteiger partial charge in [-0.05, 0) is 30.2 Å². The van der Waals surface area contributed by atoms with Gasteiger partial charge in [0.05, 0.1) is 36.3 Å². The lowest BCUT2D eigenvalue weighted by atomic mass is 9.96. The van der Waals surface area contributed by atoms with E-state index in [-0.39, 0.29) is 36.7 Å². The van der Waals surface area contributed by atoms with Crippen molar-refractivity contribution >= 4 is 40.3 Å². The maximum absolute atomic E-state index is 12.5. The van der Waals surface area contributed by atoms with Gasteiger partial charge < -0.3 is 29.7 Å². The van der Waals surface area contributed by atoms with Gasteiger partial charge >= 0.3 is 0 Å². The summed E-state index contributed by atoms with van der Waals surface area (Å²) in [7, 11) is 5.43. The fraction of sp³-hybridized carbons (Fsp3) is 0.448. The number of aromatic nitrogens is 4. The van der Waals surface area contributed by atoms with Crippen LogP contribution in [0.2, 0.25) is 0 Å². The Kier molecular flexibility index (Phi) is 8.15. The number of hydrogen-bond acceptors (Lipinski definition) is 10. The Balaban J connectivity index is 1.52. The molecule has 0 saturated carbocycles. The van der Waals surface area contributed by atoms with Gasteiger partial charge in [0.25, 0.3) is 0 Å². The third kappa shape index (κ3) is 5.39. The average Bonchev–Trinajstić information content (AvgIpc) is 3.46. The second-order valence-electron chi connectivity index (χ2n) is 10.8. The summed E-state index contributed by atoms with van der Waals surface area (Å²) < 4.78 is 6.46. The molecule has 0 radical (unpaired) electrons. The van der Waals surface area contributed by atoms with Crippen LogP contribution in [0.3, 0.4) is 0 Å². The third-order valence-corrected chi connectivity index (χ3v) is 7.92. The topological polar surface area (TPSA) is 147 Å². The number of nitrogens with zero attached hydrogens (tertiary/aromatic N) is 8. The zero-order valence-corrected chi connectivity index (χ0v) is 24.4. The van der Waals surface area contributed by atoms with E-state index in [1.807, 2.05) is 24.2 Å². The minimum atomic E-state index is -0.329. The summed E-state index contributed by atoms with van der Waals surface area (Å²) in [5.41, 5.74) is 3.16. The smallest absolute Gasteiger partial charge is 0.246 e. The molecule has 1 saturated heterocycles. The van der Waals surface area contributed by atoms with Crippen molar-refractivity contribution in [2.45, 2.75) is 31.8 Å². The molecule has 1 fully saturated rings. The molecule has 3 aromatic rings. The molecule has 2 aliphatic heterocycles. The zero-order chi connectivity index (χ0) is 30.0. The highest BCUT2D eigenvalue weighted by atomic mass is 16.5. The number of aromatic amines is 1. The number of rotatable bonds is 8. The molecule has 0 aliphatic carbocycles. The number of benzene rings is 1. The van der Waals surface area contributed by atoms with Crippen LogP contribution in [-0.4, -0.2) is 102 Å². The lowest BCUT2D eigenvalue weighted by Crippen LogP contribution is -2.55. The highest BCUT2D eigenvalue weighted by Gasteiger charge is 2.37. The van der Waals surface area contributed by atoms with Crippen molar-refractivity contribution in [1.82, 2.24) is 30.0 Å². The van der Waals surface area contributed by atoms with E-state index in [4.69, 9.17) is 14.7 Å². The molecule has 13 heteroatoms. The number of nitrogens with one attached hydrogen (secondary N) is 2. The van der Waals surface area contributed by atoms with E-state index in [0.29, 0.717) is 56.1 Å². The van der Waals surface area contributed by atoms with Crippen LogP contribution in [0.15, 0.2) is 31.0 Å². The molecule has 2 atom stereocenters. The molecule has 13 nitrogen and oxygen atoms in total. The summed E-state index contributed by atoms with van der Waals surface area (Å²) in [4.78, 5) is 41.7. The van der Waals surface area contributed by atoms with Crippen LogP contribution in [0, 0.1) is 18.3 Å². The van der Waals surface area contributed by atoms with E-state index >= 15 is 0 Å². The lowest BCUT2D eigenvalue weighted by molar-refractivity contribution is -0.129. The fourth-order valence-electron chi connectivity index (χ4n) is 5.62. The van der Waals surface area contributed by atoms with Crippen LogP contribution in [0.4, 0.5) is 17.6 Å². The van der Waals surface area contributed by atoms with Crippen molar-refractivity contribution < 1.29 is 14.3 Å². The molecule has 1 unspecified atom stereocenters. The number of amides is 2. The van der Waals surface area contributed by atoms with Crippen LogP contribution in [-0.2, 0) is 9.59 Å². The van der Waals surface area contributed by atoms with Crippen LogP contribution < -0.4 is 19.9 Å². The van der Waals surface area contributed by atoms with Crippen LogP contribution >= 0.6 is 0 Å². The van der Waals surface area contributed by atoms with Crippen molar-refractivity contribution in [3.63, 3.8) is 0 Å².